The summed E-state index contributed by atoms with van der Waals surface area (Å²) >= 11 is 0. The van der Waals surface area contributed by atoms with E-state index in [2.05, 4.69) is 43.5 Å². The minimum Gasteiger partial charge on any atom is -0.466 e. The molecule has 2 unspecified atom stereocenters. The van der Waals surface area contributed by atoms with E-state index in [1.54, 1.807) is 0 Å². The Labute approximate surface area is 564 Å². The van der Waals surface area contributed by atoms with Crippen LogP contribution in [0.1, 0.15) is 476 Å². The number of hydrogen-bond donors (Lipinski definition) is 3. The van der Waals surface area contributed by atoms with Crippen LogP contribution in [0.3, 0.4) is 0 Å². The standard InChI is InChI=1S/C84H163NO5/c1-3-5-7-9-11-13-15-17-19-21-41-46-50-54-58-62-66-70-74-78-84(89)90-79-75-71-67-63-59-55-51-47-43-40-38-36-34-32-30-28-26-24-22-23-25-27-29-31-33-35-37-39-42-45-49-53-57-61-65-69-73-77-83(88)85-81(80-86)82(87)76-72-68-64-60-56-52-48-44-20-18-16-14-12-10-8-6-4-2/h11,13,17,19,81-82,86-87H,3-10,12,14-16,18,20-80H2,1-2H3,(H,85,88)/b13-11-,19-17-. The number of nitrogens with one attached hydrogen (secondary N) is 1. The van der Waals surface area contributed by atoms with Crippen molar-refractivity contribution < 1.29 is 24.5 Å². The molecule has 3 N–H and O–H groups in total. The van der Waals surface area contributed by atoms with E-state index in [1.165, 1.54) is 398 Å². The Hall–Kier alpha value is -1.66. The van der Waals surface area contributed by atoms with Gasteiger partial charge in [0, 0.05) is 12.8 Å². The van der Waals surface area contributed by atoms with Crippen LogP contribution < -0.4 is 5.32 Å². The highest BCUT2D eigenvalue weighted by molar-refractivity contribution is 5.76. The van der Waals surface area contributed by atoms with Crippen molar-refractivity contribution >= 4 is 11.9 Å². The second-order valence-corrected chi connectivity index (χ2v) is 28.8. The SMILES string of the molecule is CCCCC/C=C\C/C=C\CCCCCCCCCCCC(=O)OCCCCCCCCCCCCCCCCCCCCCCCCCCCCCCCCCCCCCCCC(=O)NC(CO)C(O)CCCCCCCCCCCCCCCCCCC. The molecule has 0 saturated carbocycles. The summed E-state index contributed by atoms with van der Waals surface area (Å²) in [5.74, 6) is -0.00399. The number of carbonyl (C=O) groups is 2. The van der Waals surface area contributed by atoms with Gasteiger partial charge in [-0.2, -0.15) is 0 Å². The normalized spacial score (nSPS) is 12.5. The van der Waals surface area contributed by atoms with Crippen LogP contribution in [0.5, 0.6) is 0 Å². The molecule has 0 radical (unpaired) electrons. The average Bonchev–Trinajstić information content (AvgIpc) is 3.60. The van der Waals surface area contributed by atoms with E-state index >= 15 is 0 Å². The number of hydrogen-bond acceptors (Lipinski definition) is 5. The third-order valence-corrected chi connectivity index (χ3v) is 19.8. The van der Waals surface area contributed by atoms with Crippen molar-refractivity contribution in [2.45, 2.75) is 488 Å². The topological polar surface area (TPSA) is 95.9 Å². The first-order chi connectivity index (χ1) is 44.5. The Bertz CT molecular complexity index is 1410. The highest BCUT2D eigenvalue weighted by Gasteiger charge is 2.20. The summed E-state index contributed by atoms with van der Waals surface area (Å²) in [6.07, 6.45) is 103. The number of amides is 1. The molecule has 0 rings (SSSR count). The number of allylic oxidation sites excluding steroid dienone is 4. The molecule has 0 aliphatic heterocycles. The maximum Gasteiger partial charge on any atom is 0.305 e. The van der Waals surface area contributed by atoms with Gasteiger partial charge in [-0.1, -0.05) is 430 Å². The van der Waals surface area contributed by atoms with Gasteiger partial charge in [0.25, 0.3) is 0 Å². The van der Waals surface area contributed by atoms with Gasteiger partial charge >= 0.3 is 5.97 Å². The second kappa shape index (κ2) is 79.8. The zero-order chi connectivity index (χ0) is 64.9. The lowest BCUT2D eigenvalue weighted by Crippen LogP contribution is -2.45. The zero-order valence-corrected chi connectivity index (χ0v) is 61.4. The van der Waals surface area contributed by atoms with Gasteiger partial charge in [-0.05, 0) is 57.8 Å². The molecule has 0 aliphatic carbocycles. The van der Waals surface area contributed by atoms with Crippen LogP contribution in [0.2, 0.25) is 0 Å². The van der Waals surface area contributed by atoms with Gasteiger partial charge in [0.15, 0.2) is 0 Å². The molecule has 6 nitrogen and oxygen atoms in total. The largest absolute Gasteiger partial charge is 0.466 e. The first-order valence-electron chi connectivity index (χ1n) is 41.6. The minimum absolute atomic E-state index is 0.0206. The molecule has 0 aromatic carbocycles. The first kappa shape index (κ1) is 88.3. The van der Waals surface area contributed by atoms with Crippen LogP contribution in [-0.2, 0) is 14.3 Å². The molecule has 0 spiro atoms. The predicted octanol–water partition coefficient (Wildman–Crippen LogP) is 27.6. The number of esters is 1. The third-order valence-electron chi connectivity index (χ3n) is 19.8. The number of carbonyl (C=O) groups excluding carboxylic acids is 2. The molecule has 0 aromatic heterocycles. The maximum atomic E-state index is 12.5. The Morgan fingerprint density at radius 3 is 0.867 bits per heavy atom. The molecule has 0 heterocycles. The Kier molecular flexibility index (Phi) is 78.3. The monoisotopic (exact) mass is 1270 g/mol. The summed E-state index contributed by atoms with van der Waals surface area (Å²) in [4.78, 5) is 24.7. The van der Waals surface area contributed by atoms with Crippen LogP contribution in [0, 0.1) is 0 Å². The quantitative estimate of drug-likeness (QED) is 0.0320. The van der Waals surface area contributed by atoms with E-state index in [0.717, 1.165) is 44.9 Å². The number of rotatable bonds is 79. The van der Waals surface area contributed by atoms with Crippen LogP contribution >= 0.6 is 0 Å². The van der Waals surface area contributed by atoms with Crippen molar-refractivity contribution in [2.75, 3.05) is 13.2 Å². The zero-order valence-electron chi connectivity index (χ0n) is 61.4. The van der Waals surface area contributed by atoms with Crippen molar-refractivity contribution in [1.29, 1.82) is 0 Å². The van der Waals surface area contributed by atoms with Gasteiger partial charge in [-0.25, -0.2) is 0 Å². The molecular formula is C84H163NO5. The summed E-state index contributed by atoms with van der Waals surface area (Å²) in [7, 11) is 0. The summed E-state index contributed by atoms with van der Waals surface area (Å²) < 4.78 is 5.52. The van der Waals surface area contributed by atoms with E-state index in [1.807, 2.05) is 0 Å². The molecule has 2 atom stereocenters. The molecule has 534 valence electrons. The fourth-order valence-electron chi connectivity index (χ4n) is 13.4. The van der Waals surface area contributed by atoms with Crippen molar-refractivity contribution in [3.8, 4) is 0 Å². The Balaban J connectivity index is 3.29. The van der Waals surface area contributed by atoms with Gasteiger partial charge in [-0.15, -0.1) is 0 Å². The molecule has 0 saturated heterocycles. The summed E-state index contributed by atoms with van der Waals surface area (Å²) in [6.45, 7) is 4.98. The van der Waals surface area contributed by atoms with Crippen LogP contribution in [0.15, 0.2) is 24.3 Å². The molecular weight excluding hydrogens is 1100 g/mol. The first-order valence-corrected chi connectivity index (χ1v) is 41.6. The van der Waals surface area contributed by atoms with E-state index < -0.39 is 12.1 Å². The number of ether oxygens (including phenoxy) is 1. The molecule has 90 heavy (non-hydrogen) atoms. The maximum absolute atomic E-state index is 12.5. The smallest absolute Gasteiger partial charge is 0.305 e. The van der Waals surface area contributed by atoms with Gasteiger partial charge in [0.2, 0.25) is 5.91 Å². The molecule has 1 amide bonds. The highest BCUT2D eigenvalue weighted by Crippen LogP contribution is 2.21. The number of unbranched alkanes of at least 4 members (excludes halogenated alkanes) is 64. The lowest BCUT2D eigenvalue weighted by Gasteiger charge is -2.22. The van der Waals surface area contributed by atoms with Crippen molar-refractivity contribution in [1.82, 2.24) is 5.32 Å². The van der Waals surface area contributed by atoms with Crippen molar-refractivity contribution in [3.05, 3.63) is 24.3 Å². The minimum atomic E-state index is -0.660. The van der Waals surface area contributed by atoms with Crippen LogP contribution in [-0.4, -0.2) is 47.4 Å². The van der Waals surface area contributed by atoms with Crippen LogP contribution in [0.4, 0.5) is 0 Å². The fraction of sp³-hybridized carbons (Fsp3) is 0.929. The number of aliphatic hydroxyl groups is 2. The average molecular weight is 1270 g/mol. The number of aliphatic hydroxyl groups excluding tert-OH is 2. The van der Waals surface area contributed by atoms with Gasteiger partial charge in [0.05, 0.1) is 25.4 Å². The van der Waals surface area contributed by atoms with Crippen molar-refractivity contribution in [2.24, 2.45) is 0 Å². The van der Waals surface area contributed by atoms with Crippen LogP contribution in [0.25, 0.3) is 0 Å². The van der Waals surface area contributed by atoms with E-state index in [9.17, 15) is 19.8 Å². The van der Waals surface area contributed by atoms with E-state index in [0.29, 0.717) is 25.9 Å². The van der Waals surface area contributed by atoms with E-state index in [4.69, 9.17) is 4.74 Å². The van der Waals surface area contributed by atoms with Gasteiger partial charge < -0.3 is 20.3 Å². The molecule has 0 aromatic rings. The summed E-state index contributed by atoms with van der Waals surface area (Å²) in [5, 5.41) is 23.4. The van der Waals surface area contributed by atoms with E-state index in [-0.39, 0.29) is 18.5 Å². The Morgan fingerprint density at radius 2 is 0.556 bits per heavy atom. The molecule has 6 heteroatoms. The second-order valence-electron chi connectivity index (χ2n) is 28.8. The molecule has 0 fully saturated rings. The van der Waals surface area contributed by atoms with Gasteiger partial charge in [-0.3, -0.25) is 9.59 Å². The summed E-state index contributed by atoms with van der Waals surface area (Å²) in [5.41, 5.74) is 0. The lowest BCUT2D eigenvalue weighted by atomic mass is 10.0. The third kappa shape index (κ3) is 75.4. The molecule has 0 bridgehead atoms. The fourth-order valence-corrected chi connectivity index (χ4v) is 13.4. The lowest BCUT2D eigenvalue weighted by molar-refractivity contribution is -0.143. The Morgan fingerprint density at radius 1 is 0.311 bits per heavy atom. The molecule has 0 aliphatic rings. The van der Waals surface area contributed by atoms with Gasteiger partial charge in [0.1, 0.15) is 0 Å². The summed E-state index contributed by atoms with van der Waals surface area (Å²) in [6, 6.07) is -0.537. The van der Waals surface area contributed by atoms with Crippen molar-refractivity contribution in [3.63, 3.8) is 0 Å². The predicted molar refractivity (Wildman–Crippen MR) is 398 cm³/mol. The highest BCUT2D eigenvalue weighted by atomic mass is 16.5.